The Kier molecular flexibility index (Phi) is 4.79. The second-order valence-electron chi connectivity index (χ2n) is 5.57. The zero-order valence-electron chi connectivity index (χ0n) is 14.4. The van der Waals surface area contributed by atoms with Crippen LogP contribution in [-0.4, -0.2) is 28.0 Å². The van der Waals surface area contributed by atoms with Crippen LogP contribution in [0.25, 0.3) is 11.0 Å². The summed E-state index contributed by atoms with van der Waals surface area (Å²) in [5.74, 6) is -1.05. The average Bonchev–Trinajstić information content (AvgIpc) is 2.65. The quantitative estimate of drug-likeness (QED) is 0.729. The van der Waals surface area contributed by atoms with Crippen molar-refractivity contribution in [1.82, 2.24) is 9.55 Å². The number of nitrogens with zero attached hydrogens (tertiary/aromatic N) is 2. The smallest absolute Gasteiger partial charge is 0.338 e. The maximum Gasteiger partial charge on any atom is 0.338 e. The number of benzene rings is 2. The SMILES string of the molecule is CCOC(=O)c1ccc(NC(=O)c2nc3ccccc3n(C)c2=O)cc1. The summed E-state index contributed by atoms with van der Waals surface area (Å²) in [7, 11) is 1.59. The Labute approximate surface area is 149 Å². The lowest BCUT2D eigenvalue weighted by Crippen LogP contribution is -2.29. The molecule has 0 atom stereocenters. The molecule has 26 heavy (non-hydrogen) atoms. The number of esters is 1. The van der Waals surface area contributed by atoms with Gasteiger partial charge < -0.3 is 14.6 Å². The largest absolute Gasteiger partial charge is 0.462 e. The van der Waals surface area contributed by atoms with E-state index in [0.29, 0.717) is 22.3 Å². The summed E-state index contributed by atoms with van der Waals surface area (Å²) in [6.07, 6.45) is 0. The Bertz CT molecular complexity index is 1040. The van der Waals surface area contributed by atoms with E-state index in [0.717, 1.165) is 0 Å². The highest BCUT2D eigenvalue weighted by molar-refractivity contribution is 6.03. The number of amides is 1. The average molecular weight is 351 g/mol. The third-order valence-corrected chi connectivity index (χ3v) is 3.85. The molecule has 7 nitrogen and oxygen atoms in total. The van der Waals surface area contributed by atoms with Gasteiger partial charge in [-0.2, -0.15) is 0 Å². The van der Waals surface area contributed by atoms with Gasteiger partial charge in [0.15, 0.2) is 5.69 Å². The molecule has 0 fully saturated rings. The monoisotopic (exact) mass is 351 g/mol. The van der Waals surface area contributed by atoms with Crippen LogP contribution >= 0.6 is 0 Å². The summed E-state index contributed by atoms with van der Waals surface area (Å²) in [5.41, 5.74) is 1.35. The molecule has 0 aliphatic heterocycles. The van der Waals surface area contributed by atoms with E-state index in [2.05, 4.69) is 10.3 Å². The van der Waals surface area contributed by atoms with E-state index in [-0.39, 0.29) is 12.3 Å². The first-order valence-electron chi connectivity index (χ1n) is 8.05. The lowest BCUT2D eigenvalue weighted by molar-refractivity contribution is 0.0526. The number of hydrogen-bond acceptors (Lipinski definition) is 5. The van der Waals surface area contributed by atoms with Crippen molar-refractivity contribution in [3.8, 4) is 0 Å². The van der Waals surface area contributed by atoms with Gasteiger partial charge in [0.2, 0.25) is 0 Å². The van der Waals surface area contributed by atoms with Crippen molar-refractivity contribution < 1.29 is 14.3 Å². The van der Waals surface area contributed by atoms with Crippen molar-refractivity contribution in [2.24, 2.45) is 7.05 Å². The molecule has 7 heteroatoms. The van der Waals surface area contributed by atoms with Crippen LogP contribution in [-0.2, 0) is 11.8 Å². The molecule has 0 aliphatic rings. The Morgan fingerprint density at radius 1 is 1.12 bits per heavy atom. The molecule has 1 amide bonds. The van der Waals surface area contributed by atoms with Gasteiger partial charge in [-0.3, -0.25) is 9.59 Å². The molecule has 0 bridgehead atoms. The number of fused-ring (bicyclic) bond motifs is 1. The highest BCUT2D eigenvalue weighted by atomic mass is 16.5. The van der Waals surface area contributed by atoms with Gasteiger partial charge in [-0.25, -0.2) is 9.78 Å². The fraction of sp³-hybridized carbons (Fsp3) is 0.158. The van der Waals surface area contributed by atoms with Crippen LogP contribution < -0.4 is 10.9 Å². The number of aryl methyl sites for hydroxylation is 1. The molecule has 1 aromatic heterocycles. The topological polar surface area (TPSA) is 90.3 Å². The molecule has 0 unspecified atom stereocenters. The second-order valence-corrected chi connectivity index (χ2v) is 5.57. The molecule has 0 aliphatic carbocycles. The predicted molar refractivity (Wildman–Crippen MR) is 97.3 cm³/mol. The van der Waals surface area contributed by atoms with Gasteiger partial charge in [0.1, 0.15) is 0 Å². The number of ether oxygens (including phenoxy) is 1. The molecule has 0 saturated heterocycles. The zero-order valence-corrected chi connectivity index (χ0v) is 14.4. The van der Waals surface area contributed by atoms with E-state index in [1.165, 1.54) is 4.57 Å². The lowest BCUT2D eigenvalue weighted by Gasteiger charge is -2.09. The van der Waals surface area contributed by atoms with Crippen molar-refractivity contribution in [3.63, 3.8) is 0 Å². The van der Waals surface area contributed by atoms with E-state index in [4.69, 9.17) is 4.74 Å². The van der Waals surface area contributed by atoms with Gasteiger partial charge in [-0.15, -0.1) is 0 Å². The minimum absolute atomic E-state index is 0.194. The van der Waals surface area contributed by atoms with Crippen molar-refractivity contribution in [2.45, 2.75) is 6.92 Å². The van der Waals surface area contributed by atoms with Crippen LogP contribution in [0.15, 0.2) is 53.3 Å². The Hall–Kier alpha value is -3.48. The fourth-order valence-corrected chi connectivity index (χ4v) is 2.52. The number of nitrogens with one attached hydrogen (secondary N) is 1. The van der Waals surface area contributed by atoms with Crippen LogP contribution in [0.3, 0.4) is 0 Å². The van der Waals surface area contributed by atoms with E-state index in [9.17, 15) is 14.4 Å². The molecule has 0 radical (unpaired) electrons. The first-order chi connectivity index (χ1) is 12.5. The maximum absolute atomic E-state index is 12.5. The van der Waals surface area contributed by atoms with E-state index < -0.39 is 17.4 Å². The summed E-state index contributed by atoms with van der Waals surface area (Å²) in [4.78, 5) is 40.7. The number of para-hydroxylation sites is 2. The summed E-state index contributed by atoms with van der Waals surface area (Å²) in [6, 6.07) is 13.3. The van der Waals surface area contributed by atoms with Gasteiger partial charge in [-0.05, 0) is 43.3 Å². The molecular formula is C19H17N3O4. The first-order valence-corrected chi connectivity index (χ1v) is 8.05. The van der Waals surface area contributed by atoms with Crippen molar-refractivity contribution in [2.75, 3.05) is 11.9 Å². The zero-order chi connectivity index (χ0) is 18.7. The van der Waals surface area contributed by atoms with Crippen LogP contribution in [0.1, 0.15) is 27.8 Å². The van der Waals surface area contributed by atoms with E-state index in [1.54, 1.807) is 62.5 Å². The summed E-state index contributed by atoms with van der Waals surface area (Å²) in [6.45, 7) is 2.01. The second kappa shape index (κ2) is 7.18. The number of rotatable bonds is 4. The number of hydrogen-bond donors (Lipinski definition) is 1. The molecule has 1 N–H and O–H groups in total. The number of aromatic nitrogens is 2. The molecular weight excluding hydrogens is 334 g/mol. The Morgan fingerprint density at radius 2 is 1.81 bits per heavy atom. The Morgan fingerprint density at radius 3 is 2.50 bits per heavy atom. The van der Waals surface area contributed by atoms with E-state index >= 15 is 0 Å². The van der Waals surface area contributed by atoms with Crippen LogP contribution in [0.5, 0.6) is 0 Å². The molecule has 2 aromatic carbocycles. The lowest BCUT2D eigenvalue weighted by atomic mass is 10.2. The number of carbonyl (C=O) groups is 2. The van der Waals surface area contributed by atoms with Gasteiger partial charge in [0.05, 0.1) is 23.2 Å². The maximum atomic E-state index is 12.5. The number of anilines is 1. The van der Waals surface area contributed by atoms with Crippen molar-refractivity contribution >= 4 is 28.6 Å². The van der Waals surface area contributed by atoms with Gasteiger partial charge in [-0.1, -0.05) is 12.1 Å². The third kappa shape index (κ3) is 3.32. The van der Waals surface area contributed by atoms with Crippen LogP contribution in [0.2, 0.25) is 0 Å². The molecule has 3 rings (SSSR count). The van der Waals surface area contributed by atoms with Gasteiger partial charge in [0, 0.05) is 12.7 Å². The molecule has 3 aromatic rings. The summed E-state index contributed by atoms with van der Waals surface area (Å²) in [5, 5.41) is 2.62. The van der Waals surface area contributed by atoms with Crippen molar-refractivity contribution in [3.05, 3.63) is 70.1 Å². The minimum Gasteiger partial charge on any atom is -0.462 e. The first kappa shape index (κ1) is 17.3. The van der Waals surface area contributed by atoms with Crippen molar-refractivity contribution in [1.29, 1.82) is 0 Å². The molecule has 0 spiro atoms. The van der Waals surface area contributed by atoms with Crippen LogP contribution in [0.4, 0.5) is 5.69 Å². The van der Waals surface area contributed by atoms with Gasteiger partial charge >= 0.3 is 5.97 Å². The molecule has 132 valence electrons. The fourth-order valence-electron chi connectivity index (χ4n) is 2.52. The van der Waals surface area contributed by atoms with E-state index in [1.807, 2.05) is 0 Å². The molecule has 1 heterocycles. The molecule has 0 saturated carbocycles. The number of carbonyl (C=O) groups excluding carboxylic acids is 2. The standard InChI is InChI=1S/C19H17N3O4/c1-3-26-19(25)12-8-10-13(11-9-12)20-17(23)16-18(24)22(2)15-7-5-4-6-14(15)21-16/h4-11H,3H2,1-2H3,(H,20,23). The normalized spacial score (nSPS) is 10.5. The highest BCUT2D eigenvalue weighted by Gasteiger charge is 2.16. The predicted octanol–water partition coefficient (Wildman–Crippen LogP) is 2.36. The highest BCUT2D eigenvalue weighted by Crippen LogP contribution is 2.13. The summed E-state index contributed by atoms with van der Waals surface area (Å²) < 4.78 is 6.30. The Balaban J connectivity index is 1.86. The van der Waals surface area contributed by atoms with Crippen LogP contribution in [0, 0.1) is 0 Å². The minimum atomic E-state index is -0.611. The summed E-state index contributed by atoms with van der Waals surface area (Å²) >= 11 is 0. The third-order valence-electron chi connectivity index (χ3n) is 3.85. The van der Waals surface area contributed by atoms with Gasteiger partial charge in [0.25, 0.3) is 11.5 Å².